The van der Waals surface area contributed by atoms with Gasteiger partial charge in [-0.25, -0.2) is 13.4 Å². The molecule has 0 amide bonds. The maximum atomic E-state index is 11.2. The van der Waals surface area contributed by atoms with Crippen molar-refractivity contribution in [2.75, 3.05) is 23.8 Å². The molecular formula is C10H16N2O3S. The zero-order valence-electron chi connectivity index (χ0n) is 9.43. The van der Waals surface area contributed by atoms with E-state index in [-0.39, 0.29) is 23.9 Å². The molecule has 0 radical (unpaired) electrons. The number of aromatic nitrogens is 1. The first-order valence-corrected chi connectivity index (χ1v) is 6.83. The molecule has 1 aromatic rings. The van der Waals surface area contributed by atoms with Crippen LogP contribution in [-0.2, 0) is 9.84 Å². The minimum atomic E-state index is -3.00. The second-order valence-corrected chi connectivity index (χ2v) is 5.89. The summed E-state index contributed by atoms with van der Waals surface area (Å²) in [6, 6.07) is 3.45. The third-order valence-corrected chi connectivity index (χ3v) is 3.79. The van der Waals surface area contributed by atoms with Crippen molar-refractivity contribution in [2.24, 2.45) is 0 Å². The summed E-state index contributed by atoms with van der Waals surface area (Å²) in [5.74, 6) is 0.834. The number of nitrogens with zero attached hydrogens (tertiary/aromatic N) is 1. The summed E-state index contributed by atoms with van der Waals surface area (Å²) >= 11 is 0. The van der Waals surface area contributed by atoms with Crippen LogP contribution in [0.2, 0.25) is 0 Å². The molecule has 0 fully saturated rings. The van der Waals surface area contributed by atoms with Crippen LogP contribution in [0.1, 0.15) is 12.6 Å². The lowest BCUT2D eigenvalue weighted by atomic mass is 10.3. The second kappa shape index (κ2) is 5.16. The highest BCUT2D eigenvalue weighted by Crippen LogP contribution is 2.18. The lowest BCUT2D eigenvalue weighted by Gasteiger charge is -2.08. The normalized spacial score (nSPS) is 11.4. The van der Waals surface area contributed by atoms with Crippen LogP contribution < -0.4 is 10.5 Å². The maximum absolute atomic E-state index is 11.2. The van der Waals surface area contributed by atoms with Gasteiger partial charge >= 0.3 is 0 Å². The van der Waals surface area contributed by atoms with Crippen molar-refractivity contribution in [1.29, 1.82) is 0 Å². The number of aryl methyl sites for hydroxylation is 1. The van der Waals surface area contributed by atoms with Crippen molar-refractivity contribution in [3.63, 3.8) is 0 Å². The molecule has 90 valence electrons. The highest BCUT2D eigenvalue weighted by molar-refractivity contribution is 7.91. The molecule has 0 unspecified atom stereocenters. The molecule has 1 rings (SSSR count). The Morgan fingerprint density at radius 1 is 1.44 bits per heavy atom. The molecule has 0 bridgehead atoms. The fraction of sp³-hybridized carbons (Fsp3) is 0.500. The molecule has 0 aliphatic heterocycles. The SMILES string of the molecule is CCS(=O)(=O)CCOc1ccc(C)nc1N. The Labute approximate surface area is 95.6 Å². The van der Waals surface area contributed by atoms with E-state index >= 15 is 0 Å². The van der Waals surface area contributed by atoms with Gasteiger partial charge < -0.3 is 10.5 Å². The van der Waals surface area contributed by atoms with Crippen molar-refractivity contribution in [3.8, 4) is 5.75 Å². The van der Waals surface area contributed by atoms with Gasteiger partial charge in [-0.2, -0.15) is 0 Å². The summed E-state index contributed by atoms with van der Waals surface area (Å²) in [6.07, 6.45) is 0. The number of nitrogens with two attached hydrogens (primary N) is 1. The molecule has 0 aromatic carbocycles. The first kappa shape index (κ1) is 12.8. The zero-order valence-corrected chi connectivity index (χ0v) is 10.3. The third-order valence-electron chi connectivity index (χ3n) is 2.12. The molecule has 0 saturated heterocycles. The standard InChI is InChI=1S/C10H16N2O3S/c1-3-16(13,14)7-6-15-9-5-4-8(2)12-10(9)11/h4-5H,3,6-7H2,1-2H3,(H2,11,12). The molecule has 6 heteroatoms. The van der Waals surface area contributed by atoms with E-state index in [1.807, 2.05) is 6.92 Å². The van der Waals surface area contributed by atoms with E-state index in [4.69, 9.17) is 10.5 Å². The van der Waals surface area contributed by atoms with Crippen LogP contribution in [0.25, 0.3) is 0 Å². The van der Waals surface area contributed by atoms with E-state index < -0.39 is 9.84 Å². The molecule has 1 aromatic heterocycles. The van der Waals surface area contributed by atoms with Crippen molar-refractivity contribution < 1.29 is 13.2 Å². The number of sulfone groups is 1. The number of rotatable bonds is 5. The van der Waals surface area contributed by atoms with Gasteiger partial charge in [0.1, 0.15) is 6.61 Å². The van der Waals surface area contributed by atoms with Crippen molar-refractivity contribution in [2.45, 2.75) is 13.8 Å². The molecule has 0 spiro atoms. The average Bonchev–Trinajstić information content (AvgIpc) is 2.21. The van der Waals surface area contributed by atoms with E-state index in [1.54, 1.807) is 19.1 Å². The summed E-state index contributed by atoms with van der Waals surface area (Å²) in [4.78, 5) is 4.01. The number of hydrogen-bond donors (Lipinski definition) is 1. The highest BCUT2D eigenvalue weighted by Gasteiger charge is 2.08. The predicted molar refractivity (Wildman–Crippen MR) is 63.2 cm³/mol. The zero-order chi connectivity index (χ0) is 12.2. The lowest BCUT2D eigenvalue weighted by molar-refractivity contribution is 0.341. The summed E-state index contributed by atoms with van der Waals surface area (Å²) in [5, 5.41) is 0. The highest BCUT2D eigenvalue weighted by atomic mass is 32.2. The van der Waals surface area contributed by atoms with Crippen molar-refractivity contribution in [3.05, 3.63) is 17.8 Å². The van der Waals surface area contributed by atoms with E-state index in [2.05, 4.69) is 4.98 Å². The average molecular weight is 244 g/mol. The molecule has 2 N–H and O–H groups in total. The molecule has 1 heterocycles. The van der Waals surface area contributed by atoms with Crippen LogP contribution in [-0.4, -0.2) is 31.5 Å². The van der Waals surface area contributed by atoms with E-state index in [9.17, 15) is 8.42 Å². The van der Waals surface area contributed by atoms with Gasteiger partial charge in [0, 0.05) is 11.4 Å². The molecule has 0 aliphatic rings. The van der Waals surface area contributed by atoms with Gasteiger partial charge in [0.05, 0.1) is 5.75 Å². The lowest BCUT2D eigenvalue weighted by Crippen LogP contribution is -2.16. The number of ether oxygens (including phenoxy) is 1. The Bertz CT molecular complexity index is 457. The van der Waals surface area contributed by atoms with Gasteiger partial charge in [0.25, 0.3) is 0 Å². The molecule has 0 saturated carbocycles. The topological polar surface area (TPSA) is 82.3 Å². The van der Waals surface area contributed by atoms with E-state index in [0.717, 1.165) is 5.69 Å². The third kappa shape index (κ3) is 3.69. The second-order valence-electron chi connectivity index (χ2n) is 3.42. The number of pyridine rings is 1. The molecular weight excluding hydrogens is 228 g/mol. The quantitative estimate of drug-likeness (QED) is 0.827. The number of nitrogen functional groups attached to an aromatic ring is 1. The number of anilines is 1. The first-order chi connectivity index (χ1) is 7.44. The van der Waals surface area contributed by atoms with Crippen LogP contribution >= 0.6 is 0 Å². The Kier molecular flexibility index (Phi) is 4.12. The largest absolute Gasteiger partial charge is 0.489 e. The molecule has 0 aliphatic carbocycles. The van der Waals surface area contributed by atoms with Crippen molar-refractivity contribution >= 4 is 15.7 Å². The van der Waals surface area contributed by atoms with Gasteiger partial charge in [-0.1, -0.05) is 6.92 Å². The summed E-state index contributed by atoms with van der Waals surface area (Å²) in [7, 11) is -3.00. The van der Waals surface area contributed by atoms with E-state index in [0.29, 0.717) is 5.75 Å². The Balaban J connectivity index is 2.56. The molecule has 16 heavy (non-hydrogen) atoms. The van der Waals surface area contributed by atoms with Gasteiger partial charge in [-0.15, -0.1) is 0 Å². The van der Waals surface area contributed by atoms with Crippen LogP contribution in [0.5, 0.6) is 5.75 Å². The smallest absolute Gasteiger partial charge is 0.166 e. The van der Waals surface area contributed by atoms with E-state index in [1.165, 1.54) is 0 Å². The van der Waals surface area contributed by atoms with Gasteiger partial charge in [0.2, 0.25) is 0 Å². The summed E-state index contributed by atoms with van der Waals surface area (Å²) in [6.45, 7) is 3.53. The molecule has 5 nitrogen and oxygen atoms in total. The van der Waals surface area contributed by atoms with Crippen LogP contribution in [0.15, 0.2) is 12.1 Å². The van der Waals surface area contributed by atoms with Crippen LogP contribution in [0.4, 0.5) is 5.82 Å². The maximum Gasteiger partial charge on any atom is 0.166 e. The summed E-state index contributed by atoms with van der Waals surface area (Å²) in [5.41, 5.74) is 6.42. The Hall–Kier alpha value is -1.30. The monoisotopic (exact) mass is 244 g/mol. The van der Waals surface area contributed by atoms with Gasteiger partial charge in [0.15, 0.2) is 21.4 Å². The number of hydrogen-bond acceptors (Lipinski definition) is 5. The fourth-order valence-electron chi connectivity index (χ4n) is 1.11. The van der Waals surface area contributed by atoms with Crippen LogP contribution in [0.3, 0.4) is 0 Å². The molecule has 0 atom stereocenters. The Morgan fingerprint density at radius 2 is 2.12 bits per heavy atom. The van der Waals surface area contributed by atoms with Gasteiger partial charge in [-0.05, 0) is 19.1 Å². The first-order valence-electron chi connectivity index (χ1n) is 5.01. The predicted octanol–water partition coefficient (Wildman–Crippen LogP) is 0.786. The minimum absolute atomic E-state index is 0.00316. The Morgan fingerprint density at radius 3 is 2.69 bits per heavy atom. The van der Waals surface area contributed by atoms with Gasteiger partial charge in [-0.3, -0.25) is 0 Å². The van der Waals surface area contributed by atoms with Crippen LogP contribution in [0, 0.1) is 6.92 Å². The van der Waals surface area contributed by atoms with Crippen molar-refractivity contribution in [1.82, 2.24) is 4.98 Å². The minimum Gasteiger partial charge on any atom is -0.489 e. The fourth-order valence-corrected chi connectivity index (χ4v) is 1.73. The summed E-state index contributed by atoms with van der Waals surface area (Å²) < 4.78 is 27.7.